The number of rotatable bonds is 8. The van der Waals surface area contributed by atoms with Crippen LogP contribution in [0.4, 0.5) is 0 Å². The van der Waals surface area contributed by atoms with E-state index in [2.05, 4.69) is 75.4 Å². The van der Waals surface area contributed by atoms with Crippen molar-refractivity contribution in [3.63, 3.8) is 0 Å². The number of hydrogen-bond donors (Lipinski definition) is 1. The molecular formula is C32H40IrO2-2. The van der Waals surface area contributed by atoms with Gasteiger partial charge < -0.3 is 5.11 Å². The van der Waals surface area contributed by atoms with Gasteiger partial charge in [0.2, 0.25) is 0 Å². The minimum atomic E-state index is 0. The first-order chi connectivity index (χ1) is 16.0. The van der Waals surface area contributed by atoms with E-state index < -0.39 is 0 Å². The molecule has 0 aliphatic carbocycles. The summed E-state index contributed by atoms with van der Waals surface area (Å²) < 4.78 is 0. The van der Waals surface area contributed by atoms with E-state index in [4.69, 9.17) is 0 Å². The van der Waals surface area contributed by atoms with Gasteiger partial charge in [-0.05, 0) is 24.2 Å². The number of aryl methyl sites for hydroxylation is 1. The maximum Gasteiger partial charge on any atom is 0.159 e. The summed E-state index contributed by atoms with van der Waals surface area (Å²) in [6.45, 7) is 14.6. The molecule has 3 aromatic rings. The smallest absolute Gasteiger partial charge is 0.159 e. The molecule has 3 rings (SSSR count). The van der Waals surface area contributed by atoms with E-state index in [0.29, 0.717) is 30.6 Å². The van der Waals surface area contributed by atoms with Gasteiger partial charge in [0.25, 0.3) is 0 Å². The Balaban J connectivity index is 0.000000383. The van der Waals surface area contributed by atoms with E-state index in [-0.39, 0.29) is 31.6 Å². The van der Waals surface area contributed by atoms with Gasteiger partial charge >= 0.3 is 0 Å². The molecule has 35 heavy (non-hydrogen) atoms. The largest absolute Gasteiger partial charge is 0.512 e. The second kappa shape index (κ2) is 15.0. The fraction of sp³-hybridized carbons (Fsp3) is 0.406. The number of fused-ring (bicyclic) bond motifs is 1. The summed E-state index contributed by atoms with van der Waals surface area (Å²) in [6, 6.07) is 24.0. The number of hydrogen-bond acceptors (Lipinski definition) is 2. The predicted molar refractivity (Wildman–Crippen MR) is 145 cm³/mol. The van der Waals surface area contributed by atoms with Crippen molar-refractivity contribution in [3.8, 4) is 11.1 Å². The van der Waals surface area contributed by atoms with E-state index in [0.717, 1.165) is 17.5 Å². The van der Waals surface area contributed by atoms with Crippen LogP contribution >= 0.6 is 0 Å². The normalized spacial score (nSPS) is 11.4. The zero-order valence-electron chi connectivity index (χ0n) is 22.2. The Morgan fingerprint density at radius 2 is 1.60 bits per heavy atom. The third-order valence-corrected chi connectivity index (χ3v) is 5.31. The van der Waals surface area contributed by atoms with Crippen molar-refractivity contribution < 1.29 is 30.0 Å². The van der Waals surface area contributed by atoms with E-state index in [1.54, 1.807) is 0 Å². The Morgan fingerprint density at radius 3 is 2.20 bits per heavy atom. The standard InChI is InChI=1S/C21H20.C11H20O2.Ir/c1-15(2)12-19-8-5-9-20-14-18(10-11-21(19)20)17-7-4-6-16(3)13-17;1-8(2)5-10(12)7-11(13)6-9(3)4;/h4-6,8-11,13,15H,12H2,1-3H3;7-9,12H,5-6H2,1-4H3;/q-2;;/b;10-7-;. The molecule has 3 aromatic carbocycles. The topological polar surface area (TPSA) is 37.3 Å². The molecule has 0 atom stereocenters. The SMILES string of the molecule is CC(C)CC(=O)/C=C(\O)CC(C)C.Cc1cc[c-]c(-c2[c-]c3cccc(CC(C)C)c3cc2)c1.[Ir]. The number of aliphatic hydroxyl groups is 1. The summed E-state index contributed by atoms with van der Waals surface area (Å²) in [5, 5.41) is 11.9. The third kappa shape index (κ3) is 10.9. The quantitative estimate of drug-likeness (QED) is 0.151. The Labute approximate surface area is 226 Å². The second-order valence-electron chi connectivity index (χ2n) is 10.4. The molecule has 0 saturated heterocycles. The number of benzene rings is 3. The number of aliphatic hydroxyl groups excluding tert-OH is 1. The molecule has 0 fully saturated rings. The molecule has 0 aromatic heterocycles. The van der Waals surface area contributed by atoms with E-state index in [9.17, 15) is 9.90 Å². The molecule has 3 heteroatoms. The predicted octanol–water partition coefficient (Wildman–Crippen LogP) is 8.70. The first kappa shape index (κ1) is 30.8. The Kier molecular flexibility index (Phi) is 13.2. The molecule has 0 saturated carbocycles. The Bertz CT molecular complexity index is 1110. The molecule has 0 bridgehead atoms. The minimum absolute atomic E-state index is 0. The maximum atomic E-state index is 11.2. The minimum Gasteiger partial charge on any atom is -0.512 e. The Hall–Kier alpha value is -2.22. The van der Waals surface area contributed by atoms with Gasteiger partial charge in [0.1, 0.15) is 0 Å². The van der Waals surface area contributed by atoms with E-state index in [1.807, 2.05) is 33.8 Å². The molecule has 191 valence electrons. The Morgan fingerprint density at radius 1 is 0.914 bits per heavy atom. The number of allylic oxidation sites excluding steroid dienone is 2. The zero-order valence-corrected chi connectivity index (χ0v) is 24.6. The van der Waals surface area contributed by atoms with Gasteiger partial charge in [-0.25, -0.2) is 5.56 Å². The van der Waals surface area contributed by atoms with Crippen molar-refractivity contribution in [2.75, 3.05) is 0 Å². The van der Waals surface area contributed by atoms with Gasteiger partial charge in [-0.3, -0.25) is 4.79 Å². The molecule has 0 aliphatic rings. The molecule has 0 amide bonds. The van der Waals surface area contributed by atoms with Crippen molar-refractivity contribution in [2.45, 2.75) is 67.7 Å². The van der Waals surface area contributed by atoms with Crippen LogP contribution in [-0.2, 0) is 31.3 Å². The summed E-state index contributed by atoms with van der Waals surface area (Å²) in [5.41, 5.74) is 4.91. The van der Waals surface area contributed by atoms with Crippen molar-refractivity contribution in [3.05, 3.63) is 83.6 Å². The summed E-state index contributed by atoms with van der Waals surface area (Å²) >= 11 is 0. The summed E-state index contributed by atoms with van der Waals surface area (Å²) in [7, 11) is 0. The maximum absolute atomic E-state index is 11.2. The molecular weight excluding hydrogens is 609 g/mol. The molecule has 0 unspecified atom stereocenters. The second-order valence-corrected chi connectivity index (χ2v) is 10.4. The van der Waals surface area contributed by atoms with Crippen LogP contribution in [0.2, 0.25) is 0 Å². The molecule has 1 N–H and O–H groups in total. The van der Waals surface area contributed by atoms with Crippen LogP contribution in [-0.4, -0.2) is 10.9 Å². The average Bonchev–Trinajstić information content (AvgIpc) is 2.72. The van der Waals surface area contributed by atoms with Gasteiger partial charge in [-0.1, -0.05) is 71.5 Å². The monoisotopic (exact) mass is 649 g/mol. The molecule has 1 radical (unpaired) electrons. The van der Waals surface area contributed by atoms with Gasteiger partial charge in [0.05, 0.1) is 5.76 Å². The van der Waals surface area contributed by atoms with Gasteiger partial charge in [0, 0.05) is 39.0 Å². The van der Waals surface area contributed by atoms with E-state index >= 15 is 0 Å². The van der Waals surface area contributed by atoms with Crippen LogP contribution in [0.15, 0.2) is 60.4 Å². The molecule has 0 heterocycles. The first-order valence-electron chi connectivity index (χ1n) is 12.4. The number of ketones is 1. The first-order valence-corrected chi connectivity index (χ1v) is 12.4. The van der Waals surface area contributed by atoms with Crippen LogP contribution in [0.25, 0.3) is 21.9 Å². The fourth-order valence-corrected chi connectivity index (χ4v) is 3.91. The van der Waals surface area contributed by atoms with Crippen LogP contribution in [0.3, 0.4) is 0 Å². The van der Waals surface area contributed by atoms with E-state index in [1.165, 1.54) is 28.0 Å². The van der Waals surface area contributed by atoms with Crippen molar-refractivity contribution in [2.24, 2.45) is 17.8 Å². The summed E-state index contributed by atoms with van der Waals surface area (Å²) in [4.78, 5) is 11.2. The van der Waals surface area contributed by atoms with Crippen LogP contribution < -0.4 is 0 Å². The molecule has 2 nitrogen and oxygen atoms in total. The van der Waals surface area contributed by atoms with Crippen LogP contribution in [0, 0.1) is 36.8 Å². The van der Waals surface area contributed by atoms with Crippen molar-refractivity contribution in [1.82, 2.24) is 0 Å². The number of carbonyl (C=O) groups is 1. The number of carbonyl (C=O) groups excluding carboxylic acids is 1. The summed E-state index contributed by atoms with van der Waals surface area (Å²) in [6.07, 6.45) is 3.58. The van der Waals surface area contributed by atoms with Gasteiger partial charge in [0.15, 0.2) is 5.78 Å². The fourth-order valence-electron chi connectivity index (χ4n) is 3.91. The average molecular weight is 649 g/mol. The zero-order chi connectivity index (χ0) is 25.3. The van der Waals surface area contributed by atoms with Crippen LogP contribution in [0.5, 0.6) is 0 Å². The van der Waals surface area contributed by atoms with Crippen LogP contribution in [0.1, 0.15) is 65.5 Å². The summed E-state index contributed by atoms with van der Waals surface area (Å²) in [5.74, 6) is 1.65. The van der Waals surface area contributed by atoms with Gasteiger partial charge in [-0.15, -0.1) is 29.1 Å². The van der Waals surface area contributed by atoms with Crippen molar-refractivity contribution >= 4 is 16.6 Å². The van der Waals surface area contributed by atoms with Gasteiger partial charge in [-0.2, -0.15) is 35.9 Å². The third-order valence-electron chi connectivity index (χ3n) is 5.31. The molecule has 0 spiro atoms. The molecule has 0 aliphatic heterocycles. The van der Waals surface area contributed by atoms with Crippen molar-refractivity contribution in [1.29, 1.82) is 0 Å².